The van der Waals surface area contributed by atoms with Gasteiger partial charge in [-0.2, -0.15) is 8.42 Å². The number of hydrogen-bond acceptors (Lipinski definition) is 5. The van der Waals surface area contributed by atoms with Gasteiger partial charge in [0.15, 0.2) is 0 Å². The van der Waals surface area contributed by atoms with E-state index in [9.17, 15) is 17.6 Å². The average molecular weight is 423 g/mol. The lowest BCUT2D eigenvalue weighted by Crippen LogP contribution is -2.26. The second-order valence-electron chi connectivity index (χ2n) is 5.93. The molecule has 0 amide bonds. The van der Waals surface area contributed by atoms with Crippen LogP contribution in [0.3, 0.4) is 0 Å². The molecule has 2 rings (SSSR count). The molecule has 0 spiro atoms. The average Bonchev–Trinajstić information content (AvgIpc) is 2.56. The second kappa shape index (κ2) is 8.40. The monoisotopic (exact) mass is 422 g/mol. The van der Waals surface area contributed by atoms with E-state index < -0.39 is 21.7 Å². The molecule has 1 saturated carbocycles. The first-order valence-corrected chi connectivity index (χ1v) is 10.1. The van der Waals surface area contributed by atoms with E-state index in [1.807, 2.05) is 0 Å². The third kappa shape index (κ3) is 5.26. The lowest BCUT2D eigenvalue weighted by Gasteiger charge is -2.26. The van der Waals surface area contributed by atoms with Gasteiger partial charge < -0.3 is 4.74 Å². The van der Waals surface area contributed by atoms with Crippen molar-refractivity contribution in [1.29, 1.82) is 0 Å². The predicted molar refractivity (Wildman–Crippen MR) is 90.1 cm³/mol. The third-order valence-corrected chi connectivity index (χ3v) is 6.13. The summed E-state index contributed by atoms with van der Waals surface area (Å²) >= 11 is 3.15. The predicted octanol–water partition coefficient (Wildman–Crippen LogP) is 3.41. The number of ether oxygens (including phenoxy) is 1. The summed E-state index contributed by atoms with van der Waals surface area (Å²) in [7, 11) is -2.51. The van der Waals surface area contributed by atoms with Crippen LogP contribution >= 0.6 is 15.9 Å². The van der Waals surface area contributed by atoms with Gasteiger partial charge in [-0.25, -0.2) is 4.39 Å². The van der Waals surface area contributed by atoms with Crippen LogP contribution in [0.2, 0.25) is 0 Å². The summed E-state index contributed by atoms with van der Waals surface area (Å²) in [5, 5.41) is 0. The zero-order valence-electron chi connectivity index (χ0n) is 13.3. The molecule has 0 unspecified atom stereocenters. The summed E-state index contributed by atoms with van der Waals surface area (Å²) in [4.78, 5) is 11.5. The number of carbonyl (C=O) groups is 1. The smallest absolute Gasteiger partial charge is 0.308 e. The molecule has 0 atom stereocenters. The van der Waals surface area contributed by atoms with Crippen molar-refractivity contribution >= 4 is 32.0 Å². The number of carbonyl (C=O) groups excluding carboxylic acids is 1. The highest BCUT2D eigenvalue weighted by molar-refractivity contribution is 9.10. The standard InChI is InChI=1S/C16H20BrFO5S/c1-22-16(19)12-7-5-11(6-8-12)9-23-24(20,21)10-13-14(17)3-2-4-15(13)18/h2-4,11-12H,5-10H2,1H3. The van der Waals surface area contributed by atoms with Gasteiger partial charge in [0.2, 0.25) is 0 Å². The van der Waals surface area contributed by atoms with Crippen molar-refractivity contribution in [3.8, 4) is 0 Å². The highest BCUT2D eigenvalue weighted by Gasteiger charge is 2.28. The summed E-state index contributed by atoms with van der Waals surface area (Å²) in [5.41, 5.74) is 0.0619. The summed E-state index contributed by atoms with van der Waals surface area (Å²) in [6, 6.07) is 4.29. The van der Waals surface area contributed by atoms with E-state index in [-0.39, 0.29) is 30.0 Å². The van der Waals surface area contributed by atoms with Crippen molar-refractivity contribution in [2.45, 2.75) is 31.4 Å². The Hall–Kier alpha value is -0.990. The molecule has 0 aromatic heterocycles. The van der Waals surface area contributed by atoms with Gasteiger partial charge in [-0.15, -0.1) is 0 Å². The Morgan fingerprint density at radius 1 is 1.29 bits per heavy atom. The Bertz CT molecular complexity index is 663. The molecular formula is C16H20BrFO5S. The highest BCUT2D eigenvalue weighted by Crippen LogP contribution is 2.30. The Kier molecular flexibility index (Phi) is 6.77. The van der Waals surface area contributed by atoms with Crippen molar-refractivity contribution in [1.82, 2.24) is 0 Å². The van der Waals surface area contributed by atoms with E-state index in [2.05, 4.69) is 15.9 Å². The first-order chi connectivity index (χ1) is 11.3. The molecule has 8 heteroatoms. The zero-order chi connectivity index (χ0) is 17.7. The topological polar surface area (TPSA) is 69.7 Å². The van der Waals surface area contributed by atoms with Crippen LogP contribution in [0.1, 0.15) is 31.2 Å². The Labute approximate surface area is 149 Å². The van der Waals surface area contributed by atoms with Crippen LogP contribution < -0.4 is 0 Å². The molecule has 134 valence electrons. The van der Waals surface area contributed by atoms with Crippen molar-refractivity contribution in [2.75, 3.05) is 13.7 Å². The second-order valence-corrected chi connectivity index (χ2v) is 8.42. The maximum Gasteiger partial charge on any atom is 0.308 e. The number of hydrogen-bond donors (Lipinski definition) is 0. The fourth-order valence-corrected chi connectivity index (χ4v) is 4.62. The van der Waals surface area contributed by atoms with Gasteiger partial charge in [-0.05, 0) is 43.7 Å². The van der Waals surface area contributed by atoms with Crippen molar-refractivity contribution in [2.24, 2.45) is 11.8 Å². The van der Waals surface area contributed by atoms with E-state index >= 15 is 0 Å². The Morgan fingerprint density at radius 2 is 1.96 bits per heavy atom. The maximum absolute atomic E-state index is 13.7. The molecule has 1 aromatic carbocycles. The van der Waals surface area contributed by atoms with E-state index in [0.717, 1.165) is 0 Å². The quantitative estimate of drug-likeness (QED) is 0.518. The SMILES string of the molecule is COC(=O)C1CCC(COS(=O)(=O)Cc2c(F)cccc2Br)CC1. The van der Waals surface area contributed by atoms with Crippen molar-refractivity contribution < 1.29 is 26.5 Å². The minimum atomic E-state index is -3.88. The normalized spacial score (nSPS) is 21.5. The van der Waals surface area contributed by atoms with Crippen molar-refractivity contribution in [3.63, 3.8) is 0 Å². The Morgan fingerprint density at radius 3 is 2.54 bits per heavy atom. The summed E-state index contributed by atoms with van der Waals surface area (Å²) in [5.74, 6) is -1.36. The largest absolute Gasteiger partial charge is 0.469 e. The molecule has 1 aliphatic carbocycles. The van der Waals surface area contributed by atoms with Gasteiger partial charge in [0, 0.05) is 10.0 Å². The van der Waals surface area contributed by atoms with Crippen LogP contribution in [0.4, 0.5) is 4.39 Å². The van der Waals surface area contributed by atoms with Crippen LogP contribution in [0.5, 0.6) is 0 Å². The van der Waals surface area contributed by atoms with Crippen molar-refractivity contribution in [3.05, 3.63) is 34.1 Å². The summed E-state index contributed by atoms with van der Waals surface area (Å²) in [6.45, 7) is 0.0578. The fourth-order valence-electron chi connectivity index (χ4n) is 2.82. The van der Waals surface area contributed by atoms with Gasteiger partial charge in [0.1, 0.15) is 11.6 Å². The third-order valence-electron chi connectivity index (χ3n) is 4.25. The van der Waals surface area contributed by atoms with E-state index in [0.29, 0.717) is 30.2 Å². The molecular weight excluding hydrogens is 403 g/mol. The molecule has 1 aliphatic rings. The summed E-state index contributed by atoms with van der Waals surface area (Å²) in [6.07, 6.45) is 2.75. The fraction of sp³-hybridized carbons (Fsp3) is 0.562. The van der Waals surface area contributed by atoms with Gasteiger partial charge in [-0.1, -0.05) is 22.0 Å². The molecule has 1 aromatic rings. The molecule has 0 bridgehead atoms. The number of benzene rings is 1. The van der Waals surface area contributed by atoms with E-state index in [1.54, 1.807) is 6.07 Å². The maximum atomic E-state index is 13.7. The molecule has 24 heavy (non-hydrogen) atoms. The number of halogens is 2. The molecule has 0 saturated heterocycles. The molecule has 0 radical (unpaired) electrons. The van der Waals surface area contributed by atoms with Gasteiger partial charge in [0.25, 0.3) is 10.1 Å². The molecule has 1 fully saturated rings. The van der Waals surface area contributed by atoms with Gasteiger partial charge in [-0.3, -0.25) is 8.98 Å². The van der Waals surface area contributed by atoms with E-state index in [1.165, 1.54) is 19.2 Å². The minimum Gasteiger partial charge on any atom is -0.469 e. The Balaban J connectivity index is 1.87. The van der Waals surface area contributed by atoms with Crippen LogP contribution in [-0.4, -0.2) is 28.1 Å². The molecule has 0 N–H and O–H groups in total. The molecule has 0 aliphatic heterocycles. The minimum absolute atomic E-state index is 0.0578. The highest BCUT2D eigenvalue weighted by atomic mass is 79.9. The van der Waals surface area contributed by atoms with Gasteiger partial charge >= 0.3 is 5.97 Å². The number of esters is 1. The first-order valence-electron chi connectivity index (χ1n) is 7.70. The van der Waals surface area contributed by atoms with Crippen LogP contribution in [0.25, 0.3) is 0 Å². The number of methoxy groups -OCH3 is 1. The lowest BCUT2D eigenvalue weighted by atomic mass is 9.82. The first kappa shape index (κ1) is 19.3. The van der Waals surface area contributed by atoms with Crippen LogP contribution in [-0.2, 0) is 29.6 Å². The van der Waals surface area contributed by atoms with Gasteiger partial charge in [0.05, 0.1) is 19.6 Å². The van der Waals surface area contributed by atoms with Crippen LogP contribution in [0, 0.1) is 17.7 Å². The molecule has 0 heterocycles. The zero-order valence-corrected chi connectivity index (χ0v) is 15.7. The molecule has 5 nitrogen and oxygen atoms in total. The van der Waals surface area contributed by atoms with Crippen LogP contribution in [0.15, 0.2) is 22.7 Å². The summed E-state index contributed by atoms with van der Waals surface area (Å²) < 4.78 is 48.1. The lowest BCUT2D eigenvalue weighted by molar-refractivity contribution is -0.146. The number of rotatable bonds is 6. The van der Waals surface area contributed by atoms with E-state index in [4.69, 9.17) is 8.92 Å².